The first kappa shape index (κ1) is 21.2. The van der Waals surface area contributed by atoms with Crippen molar-refractivity contribution in [3.05, 3.63) is 107 Å². The smallest absolute Gasteiger partial charge is 0.271 e. The van der Waals surface area contributed by atoms with Crippen LogP contribution in [0.4, 0.5) is 5.69 Å². The fraction of sp³-hybridized carbons (Fsp3) is 0.240. The van der Waals surface area contributed by atoms with E-state index in [-0.39, 0.29) is 22.4 Å². The van der Waals surface area contributed by atoms with Gasteiger partial charge in [-0.3, -0.25) is 24.3 Å². The zero-order chi connectivity index (χ0) is 23.3. The van der Waals surface area contributed by atoms with Gasteiger partial charge in [0.25, 0.3) is 11.2 Å². The molecule has 0 spiro atoms. The molecule has 1 aliphatic heterocycles. The molecule has 8 heteroatoms. The van der Waals surface area contributed by atoms with Crippen molar-refractivity contribution in [1.82, 2.24) is 4.57 Å². The predicted molar refractivity (Wildman–Crippen MR) is 126 cm³/mol. The van der Waals surface area contributed by atoms with Crippen LogP contribution in [0, 0.1) is 15.5 Å². The molecule has 1 atom stereocenters. The first-order chi connectivity index (χ1) is 15.7. The molecule has 166 valence electrons. The Morgan fingerprint density at radius 1 is 1.12 bits per heavy atom. The van der Waals surface area contributed by atoms with Crippen LogP contribution in [0.1, 0.15) is 43.9 Å². The number of nitro benzene ring substituents is 1. The molecule has 33 heavy (non-hydrogen) atoms. The van der Waals surface area contributed by atoms with Crippen LogP contribution < -0.4 is 14.9 Å². The number of Topliss-reactive ketones (excluding diaryl/α,β-unsaturated/α-hetero) is 1. The van der Waals surface area contributed by atoms with Gasteiger partial charge in [0.15, 0.2) is 10.6 Å². The lowest BCUT2D eigenvalue weighted by molar-refractivity contribution is -0.384. The number of nitro groups is 1. The number of fused-ring (bicyclic) bond motifs is 1. The van der Waals surface area contributed by atoms with Gasteiger partial charge >= 0.3 is 0 Å². The molecule has 1 unspecified atom stereocenters. The molecule has 1 aromatic heterocycles. The Labute approximate surface area is 193 Å². The van der Waals surface area contributed by atoms with E-state index in [0.29, 0.717) is 39.0 Å². The van der Waals surface area contributed by atoms with Crippen molar-refractivity contribution >= 4 is 28.9 Å². The molecule has 0 N–H and O–H groups in total. The van der Waals surface area contributed by atoms with Crippen molar-refractivity contribution in [3.63, 3.8) is 0 Å². The van der Waals surface area contributed by atoms with Crippen LogP contribution in [0.15, 0.2) is 75.7 Å². The summed E-state index contributed by atoms with van der Waals surface area (Å²) < 4.78 is 2.02. The molecule has 0 radical (unpaired) electrons. The summed E-state index contributed by atoms with van der Waals surface area (Å²) in [7, 11) is 0. The summed E-state index contributed by atoms with van der Waals surface area (Å²) in [6.07, 6.45) is 2.75. The number of allylic oxidation sites excluding steroid dienone is 2. The van der Waals surface area contributed by atoms with Crippen LogP contribution in [-0.4, -0.2) is 15.3 Å². The Morgan fingerprint density at radius 2 is 1.88 bits per heavy atom. The van der Waals surface area contributed by atoms with Crippen molar-refractivity contribution in [2.45, 2.75) is 32.7 Å². The van der Waals surface area contributed by atoms with Gasteiger partial charge in [0.2, 0.25) is 0 Å². The van der Waals surface area contributed by atoms with E-state index in [1.807, 2.05) is 50.3 Å². The van der Waals surface area contributed by atoms with E-state index in [0.717, 1.165) is 5.56 Å². The highest BCUT2D eigenvalue weighted by molar-refractivity contribution is 7.07. The van der Waals surface area contributed by atoms with Crippen LogP contribution >= 0.6 is 11.3 Å². The third-order valence-electron chi connectivity index (χ3n) is 5.99. The van der Waals surface area contributed by atoms with Gasteiger partial charge in [-0.05, 0) is 29.0 Å². The van der Waals surface area contributed by atoms with Gasteiger partial charge in [-0.2, -0.15) is 0 Å². The third-order valence-corrected chi connectivity index (χ3v) is 6.97. The van der Waals surface area contributed by atoms with E-state index in [9.17, 15) is 19.7 Å². The third kappa shape index (κ3) is 3.76. The molecule has 0 amide bonds. The van der Waals surface area contributed by atoms with Gasteiger partial charge in [0.05, 0.1) is 21.2 Å². The fourth-order valence-electron chi connectivity index (χ4n) is 4.57. The quantitative estimate of drug-likeness (QED) is 0.442. The summed E-state index contributed by atoms with van der Waals surface area (Å²) in [5, 5.41) is 11.4. The SMILES string of the molecule is CC1(C)CC(=O)C2=C(C1)N=c1s/c(=C/c3ccccc3)c(=O)n1C2c1cccc([N+](=O)[O-])c1. The molecule has 0 saturated carbocycles. The first-order valence-electron chi connectivity index (χ1n) is 10.6. The van der Waals surface area contributed by atoms with Gasteiger partial charge in [-0.1, -0.05) is 67.6 Å². The van der Waals surface area contributed by atoms with E-state index in [2.05, 4.69) is 0 Å². The maximum atomic E-state index is 13.5. The molecule has 0 saturated heterocycles. The summed E-state index contributed by atoms with van der Waals surface area (Å²) in [5.74, 6) is -0.0705. The highest BCUT2D eigenvalue weighted by atomic mass is 32.1. The fourth-order valence-corrected chi connectivity index (χ4v) is 5.59. The predicted octanol–water partition coefficient (Wildman–Crippen LogP) is 3.51. The number of nitrogens with zero attached hydrogens (tertiary/aromatic N) is 3. The topological polar surface area (TPSA) is 94.6 Å². The number of non-ortho nitro benzene ring substituents is 1. The maximum Gasteiger partial charge on any atom is 0.271 e. The van der Waals surface area contributed by atoms with E-state index < -0.39 is 11.0 Å². The Kier molecular flexibility index (Phi) is 4.97. The second-order valence-electron chi connectivity index (χ2n) is 9.15. The van der Waals surface area contributed by atoms with Crippen LogP contribution in [0.3, 0.4) is 0 Å². The highest BCUT2D eigenvalue weighted by Crippen LogP contribution is 2.43. The largest absolute Gasteiger partial charge is 0.294 e. The van der Waals surface area contributed by atoms with E-state index >= 15 is 0 Å². The lowest BCUT2D eigenvalue weighted by atomic mass is 9.73. The summed E-state index contributed by atoms with van der Waals surface area (Å²) >= 11 is 1.27. The molecular formula is C25H21N3O4S. The van der Waals surface area contributed by atoms with Crippen LogP contribution in [0.5, 0.6) is 0 Å². The second kappa shape index (κ2) is 7.74. The Balaban J connectivity index is 1.79. The second-order valence-corrected chi connectivity index (χ2v) is 10.2. The number of carbonyl (C=O) groups excluding carboxylic acids is 1. The number of ketones is 1. The van der Waals surface area contributed by atoms with E-state index in [1.165, 1.54) is 28.0 Å². The minimum atomic E-state index is -0.738. The monoisotopic (exact) mass is 459 g/mol. The summed E-state index contributed by atoms with van der Waals surface area (Å²) in [6, 6.07) is 15.0. The van der Waals surface area contributed by atoms with Crippen LogP contribution in [0.25, 0.3) is 6.08 Å². The molecule has 0 fully saturated rings. The van der Waals surface area contributed by atoms with E-state index in [4.69, 9.17) is 4.99 Å². The number of rotatable bonds is 3. The standard InChI is InChI=1S/C25H21N3O4S/c1-25(2)13-18-21(19(29)14-25)22(16-9-6-10-17(12-16)28(31)32)27-23(30)20(33-24(27)26-18)11-15-7-4-3-5-8-15/h3-12,22H,13-14H2,1-2H3/b20-11+. The number of hydrogen-bond donors (Lipinski definition) is 0. The number of carbonyl (C=O) groups is 1. The minimum absolute atomic E-state index is 0.0705. The van der Waals surface area contributed by atoms with Crippen molar-refractivity contribution in [2.24, 2.45) is 10.4 Å². The molecule has 7 nitrogen and oxygen atoms in total. The summed E-state index contributed by atoms with van der Waals surface area (Å²) in [6.45, 7) is 4.05. The summed E-state index contributed by atoms with van der Waals surface area (Å²) in [5.41, 5.74) is 1.96. The lowest BCUT2D eigenvalue weighted by Crippen LogP contribution is -2.42. The van der Waals surface area contributed by atoms with E-state index in [1.54, 1.807) is 12.1 Å². The van der Waals surface area contributed by atoms with Gasteiger partial charge in [-0.15, -0.1) is 0 Å². The Hall–Kier alpha value is -3.65. The molecule has 2 aromatic carbocycles. The van der Waals surface area contributed by atoms with Crippen LogP contribution in [-0.2, 0) is 4.79 Å². The molecule has 1 aliphatic carbocycles. The Morgan fingerprint density at radius 3 is 2.61 bits per heavy atom. The number of thiazole rings is 1. The number of hydrogen-bond acceptors (Lipinski definition) is 6. The minimum Gasteiger partial charge on any atom is -0.294 e. The van der Waals surface area contributed by atoms with Gasteiger partial charge in [0, 0.05) is 24.1 Å². The zero-order valence-electron chi connectivity index (χ0n) is 18.1. The molecular weight excluding hydrogens is 438 g/mol. The van der Waals surface area contributed by atoms with Crippen molar-refractivity contribution < 1.29 is 9.72 Å². The lowest BCUT2D eigenvalue weighted by Gasteiger charge is -2.35. The maximum absolute atomic E-state index is 13.5. The van der Waals surface area contributed by atoms with Crippen molar-refractivity contribution in [1.29, 1.82) is 0 Å². The van der Waals surface area contributed by atoms with Crippen molar-refractivity contribution in [2.75, 3.05) is 0 Å². The number of aromatic nitrogens is 1. The Bertz CT molecular complexity index is 1510. The molecule has 2 aliphatic rings. The van der Waals surface area contributed by atoms with Crippen LogP contribution in [0.2, 0.25) is 0 Å². The zero-order valence-corrected chi connectivity index (χ0v) is 19.0. The highest BCUT2D eigenvalue weighted by Gasteiger charge is 2.40. The average molecular weight is 460 g/mol. The summed E-state index contributed by atoms with van der Waals surface area (Å²) in [4.78, 5) is 43.1. The first-order valence-corrected chi connectivity index (χ1v) is 11.4. The molecule has 0 bridgehead atoms. The normalized spacial score (nSPS) is 19.6. The van der Waals surface area contributed by atoms with Gasteiger partial charge in [0.1, 0.15) is 0 Å². The molecule has 3 aromatic rings. The molecule has 5 rings (SSSR count). The van der Waals surface area contributed by atoms with Gasteiger partial charge in [-0.25, -0.2) is 4.99 Å². The van der Waals surface area contributed by atoms with Gasteiger partial charge < -0.3 is 0 Å². The van der Waals surface area contributed by atoms with Crippen molar-refractivity contribution in [3.8, 4) is 0 Å². The number of benzene rings is 2. The average Bonchev–Trinajstić information content (AvgIpc) is 3.07. The molecule has 2 heterocycles.